The fourth-order valence-electron chi connectivity index (χ4n) is 4.25. The molecule has 0 spiro atoms. The number of amides is 2. The Bertz CT molecular complexity index is 1020. The average molecular weight is 483 g/mol. The number of fused-ring (bicyclic) bond motifs is 1. The van der Waals surface area contributed by atoms with E-state index in [4.69, 9.17) is 5.11 Å². The molecule has 0 aliphatic heterocycles. The van der Waals surface area contributed by atoms with Gasteiger partial charge >= 0.3 is 0 Å². The molecule has 10 heteroatoms. The molecular weight excluding hydrogens is 449 g/mol. The molecular formula is C24H33F3N4O3. The zero-order valence-corrected chi connectivity index (χ0v) is 19.8. The van der Waals surface area contributed by atoms with Gasteiger partial charge in [0.15, 0.2) is 5.69 Å². The van der Waals surface area contributed by atoms with E-state index in [0.717, 1.165) is 0 Å². The summed E-state index contributed by atoms with van der Waals surface area (Å²) in [4.78, 5) is 25.9. The standard InChI is InChI=1S/C24H33F3N4O3/c1-23(2,3)20(22(34)28-11-4-12-32)29-21(33)19-17-13-16(25)5-6-18(17)31(30-19)14-15-7-9-24(26,27)10-8-15/h5-6,13,15,20,32H,4,7-12,14H2,1-3H3,(H,28,34)(H,29,33). The Balaban J connectivity index is 1.85. The molecule has 34 heavy (non-hydrogen) atoms. The van der Waals surface area contributed by atoms with Crippen LogP contribution in [0.2, 0.25) is 0 Å². The third kappa shape index (κ3) is 6.28. The largest absolute Gasteiger partial charge is 0.396 e. The van der Waals surface area contributed by atoms with E-state index in [1.807, 2.05) is 0 Å². The summed E-state index contributed by atoms with van der Waals surface area (Å²) in [6, 6.07) is 3.11. The lowest BCUT2D eigenvalue weighted by atomic mass is 9.86. The van der Waals surface area contributed by atoms with Crippen LogP contribution < -0.4 is 10.6 Å². The molecule has 7 nitrogen and oxygen atoms in total. The Morgan fingerprint density at radius 3 is 2.56 bits per heavy atom. The number of halogens is 3. The quantitative estimate of drug-likeness (QED) is 0.501. The van der Waals surface area contributed by atoms with Crippen LogP contribution in [-0.4, -0.2) is 51.8 Å². The highest BCUT2D eigenvalue weighted by Gasteiger charge is 2.36. The minimum absolute atomic E-state index is 0.0203. The summed E-state index contributed by atoms with van der Waals surface area (Å²) in [6.45, 7) is 5.95. The van der Waals surface area contributed by atoms with Crippen molar-refractivity contribution in [3.05, 3.63) is 29.7 Å². The van der Waals surface area contributed by atoms with Crippen LogP contribution in [0.5, 0.6) is 0 Å². The van der Waals surface area contributed by atoms with Crippen molar-refractivity contribution in [1.82, 2.24) is 20.4 Å². The monoisotopic (exact) mass is 482 g/mol. The van der Waals surface area contributed by atoms with Crippen molar-refractivity contribution < 1.29 is 27.9 Å². The number of hydrogen-bond acceptors (Lipinski definition) is 4. The van der Waals surface area contributed by atoms with E-state index >= 15 is 0 Å². The Labute approximate surface area is 197 Å². The lowest BCUT2D eigenvalue weighted by Crippen LogP contribution is -2.53. The maximum absolute atomic E-state index is 14.0. The maximum Gasteiger partial charge on any atom is 0.273 e. The van der Waals surface area contributed by atoms with Crippen molar-refractivity contribution in [2.75, 3.05) is 13.2 Å². The van der Waals surface area contributed by atoms with E-state index < -0.39 is 35.0 Å². The molecule has 1 aromatic heterocycles. The molecule has 1 aromatic carbocycles. The molecule has 1 fully saturated rings. The van der Waals surface area contributed by atoms with Crippen LogP contribution in [0.15, 0.2) is 18.2 Å². The van der Waals surface area contributed by atoms with Gasteiger partial charge in [-0.15, -0.1) is 0 Å². The normalized spacial score (nSPS) is 17.5. The molecule has 2 aromatic rings. The first kappa shape index (κ1) is 26.0. The Morgan fingerprint density at radius 2 is 1.94 bits per heavy atom. The number of aliphatic hydroxyl groups excluding tert-OH is 1. The van der Waals surface area contributed by atoms with Gasteiger partial charge in [0, 0.05) is 37.9 Å². The maximum atomic E-state index is 14.0. The van der Waals surface area contributed by atoms with Gasteiger partial charge in [-0.3, -0.25) is 14.3 Å². The van der Waals surface area contributed by atoms with Gasteiger partial charge < -0.3 is 15.7 Å². The first-order valence-corrected chi connectivity index (χ1v) is 11.6. The van der Waals surface area contributed by atoms with Gasteiger partial charge in [-0.05, 0) is 48.8 Å². The van der Waals surface area contributed by atoms with Gasteiger partial charge in [0.2, 0.25) is 11.8 Å². The molecule has 2 amide bonds. The Kier molecular flexibility index (Phi) is 7.90. The van der Waals surface area contributed by atoms with Crippen LogP contribution in [-0.2, 0) is 11.3 Å². The van der Waals surface area contributed by atoms with Gasteiger partial charge in [-0.1, -0.05) is 20.8 Å². The van der Waals surface area contributed by atoms with Crippen LogP contribution in [0.3, 0.4) is 0 Å². The fraction of sp³-hybridized carbons (Fsp3) is 0.625. The van der Waals surface area contributed by atoms with Crippen molar-refractivity contribution in [2.45, 2.75) is 71.4 Å². The number of nitrogens with zero attached hydrogens (tertiary/aromatic N) is 2. The summed E-state index contributed by atoms with van der Waals surface area (Å²) in [6.07, 6.45) is 0.710. The minimum Gasteiger partial charge on any atom is -0.396 e. The zero-order valence-electron chi connectivity index (χ0n) is 19.8. The van der Waals surface area contributed by atoms with Crippen molar-refractivity contribution in [3.8, 4) is 0 Å². The summed E-state index contributed by atoms with van der Waals surface area (Å²) in [5.41, 5.74) is -0.118. The van der Waals surface area contributed by atoms with Gasteiger partial charge in [-0.2, -0.15) is 5.10 Å². The molecule has 0 saturated heterocycles. The highest BCUT2D eigenvalue weighted by molar-refractivity contribution is 6.06. The van der Waals surface area contributed by atoms with Crippen LogP contribution >= 0.6 is 0 Å². The first-order chi connectivity index (χ1) is 15.9. The van der Waals surface area contributed by atoms with Crippen molar-refractivity contribution in [2.24, 2.45) is 11.3 Å². The SMILES string of the molecule is CC(C)(C)C(NC(=O)c1nn(CC2CCC(F)(F)CC2)c2ccc(F)cc12)C(=O)NCCCO. The molecule has 0 bridgehead atoms. The molecule has 0 radical (unpaired) electrons. The predicted molar refractivity (Wildman–Crippen MR) is 122 cm³/mol. The molecule has 1 aliphatic carbocycles. The zero-order chi connectivity index (χ0) is 25.1. The van der Waals surface area contributed by atoms with E-state index in [1.54, 1.807) is 25.5 Å². The van der Waals surface area contributed by atoms with E-state index in [-0.39, 0.29) is 37.6 Å². The van der Waals surface area contributed by atoms with Crippen LogP contribution in [0.1, 0.15) is 63.4 Å². The van der Waals surface area contributed by atoms with E-state index in [9.17, 15) is 22.8 Å². The molecule has 1 atom stereocenters. The molecule has 3 N–H and O–H groups in total. The summed E-state index contributed by atoms with van der Waals surface area (Å²) in [5, 5.41) is 19.1. The molecule has 188 valence electrons. The number of nitrogens with one attached hydrogen (secondary N) is 2. The lowest BCUT2D eigenvalue weighted by molar-refractivity contribution is -0.125. The number of carbonyl (C=O) groups excluding carboxylic acids is 2. The molecule has 1 aliphatic rings. The Hall–Kier alpha value is -2.62. The van der Waals surface area contributed by atoms with Crippen LogP contribution in [0, 0.1) is 17.2 Å². The summed E-state index contributed by atoms with van der Waals surface area (Å²) in [7, 11) is 0. The number of rotatable bonds is 8. The van der Waals surface area contributed by atoms with Crippen LogP contribution in [0.25, 0.3) is 10.9 Å². The highest BCUT2D eigenvalue weighted by Crippen LogP contribution is 2.37. The lowest BCUT2D eigenvalue weighted by Gasteiger charge is -2.30. The second-order valence-corrected chi connectivity index (χ2v) is 10.1. The molecule has 1 saturated carbocycles. The fourth-order valence-corrected chi connectivity index (χ4v) is 4.25. The number of carbonyl (C=O) groups is 2. The number of aliphatic hydroxyl groups is 1. The first-order valence-electron chi connectivity index (χ1n) is 11.6. The van der Waals surface area contributed by atoms with E-state index in [0.29, 0.717) is 36.7 Å². The summed E-state index contributed by atoms with van der Waals surface area (Å²) < 4.78 is 42.7. The van der Waals surface area contributed by atoms with Gasteiger partial charge in [0.25, 0.3) is 5.91 Å². The third-order valence-electron chi connectivity index (χ3n) is 6.23. The molecule has 3 rings (SSSR count). The summed E-state index contributed by atoms with van der Waals surface area (Å²) in [5.74, 6) is -4.22. The third-order valence-corrected chi connectivity index (χ3v) is 6.23. The second kappa shape index (κ2) is 10.3. The predicted octanol–water partition coefficient (Wildman–Crippen LogP) is 3.64. The van der Waals surface area contributed by atoms with Gasteiger partial charge in [0.05, 0.1) is 5.52 Å². The summed E-state index contributed by atoms with van der Waals surface area (Å²) >= 11 is 0. The number of hydrogen-bond donors (Lipinski definition) is 3. The smallest absolute Gasteiger partial charge is 0.273 e. The van der Waals surface area contributed by atoms with E-state index in [2.05, 4.69) is 15.7 Å². The Morgan fingerprint density at radius 1 is 1.26 bits per heavy atom. The van der Waals surface area contributed by atoms with E-state index in [1.165, 1.54) is 18.2 Å². The van der Waals surface area contributed by atoms with Gasteiger partial charge in [-0.25, -0.2) is 13.2 Å². The topological polar surface area (TPSA) is 96.2 Å². The number of aromatic nitrogens is 2. The number of alkyl halides is 2. The second-order valence-electron chi connectivity index (χ2n) is 10.1. The molecule has 1 heterocycles. The molecule has 1 unspecified atom stereocenters. The van der Waals surface area contributed by atoms with Gasteiger partial charge in [0.1, 0.15) is 11.9 Å². The average Bonchev–Trinajstić information content (AvgIpc) is 3.10. The number of benzene rings is 1. The van der Waals surface area contributed by atoms with Crippen molar-refractivity contribution in [1.29, 1.82) is 0 Å². The highest BCUT2D eigenvalue weighted by atomic mass is 19.3. The van der Waals surface area contributed by atoms with Crippen LogP contribution in [0.4, 0.5) is 13.2 Å². The van der Waals surface area contributed by atoms with Crippen molar-refractivity contribution >= 4 is 22.7 Å². The minimum atomic E-state index is -2.64. The van der Waals surface area contributed by atoms with Crippen molar-refractivity contribution in [3.63, 3.8) is 0 Å².